The first-order valence-corrected chi connectivity index (χ1v) is 4.96. The Labute approximate surface area is 99.9 Å². The van der Waals surface area contributed by atoms with Crippen LogP contribution >= 0.6 is 23.2 Å². The van der Waals surface area contributed by atoms with E-state index in [1.54, 1.807) is 0 Å². The second kappa shape index (κ2) is 4.31. The molecule has 2 rings (SSSR count). The van der Waals surface area contributed by atoms with Gasteiger partial charge in [0.2, 0.25) is 0 Å². The molecule has 2 nitrogen and oxygen atoms in total. The highest BCUT2D eigenvalue weighted by molar-refractivity contribution is 6.33. The van der Waals surface area contributed by atoms with Gasteiger partial charge in [0, 0.05) is 5.56 Å². The zero-order valence-corrected chi connectivity index (χ0v) is 9.23. The molecular formula is C10H4Cl2F2N2. The van der Waals surface area contributed by atoms with Gasteiger partial charge >= 0.3 is 0 Å². The summed E-state index contributed by atoms with van der Waals surface area (Å²) in [7, 11) is 0. The van der Waals surface area contributed by atoms with Gasteiger partial charge in [-0.25, -0.2) is 18.7 Å². The summed E-state index contributed by atoms with van der Waals surface area (Å²) in [5.74, 6) is -1.29. The molecule has 1 aromatic heterocycles. The lowest BCUT2D eigenvalue weighted by molar-refractivity contribution is 0.617. The number of hydrogen-bond donors (Lipinski definition) is 0. The lowest BCUT2D eigenvalue weighted by atomic mass is 10.1. The molecule has 0 saturated carbocycles. The molecule has 16 heavy (non-hydrogen) atoms. The molecule has 0 unspecified atom stereocenters. The Morgan fingerprint density at radius 1 is 1.06 bits per heavy atom. The zero-order chi connectivity index (χ0) is 11.7. The van der Waals surface area contributed by atoms with Crippen molar-refractivity contribution in [2.45, 2.75) is 0 Å². The van der Waals surface area contributed by atoms with Crippen LogP contribution in [0.3, 0.4) is 0 Å². The number of benzene rings is 1. The van der Waals surface area contributed by atoms with Crippen molar-refractivity contribution in [2.24, 2.45) is 0 Å². The first kappa shape index (κ1) is 11.2. The van der Waals surface area contributed by atoms with Gasteiger partial charge in [0.15, 0.2) is 11.0 Å². The number of rotatable bonds is 1. The van der Waals surface area contributed by atoms with Crippen molar-refractivity contribution in [2.75, 3.05) is 0 Å². The van der Waals surface area contributed by atoms with Crippen LogP contribution in [0.1, 0.15) is 0 Å². The Kier molecular flexibility index (Phi) is 3.03. The van der Waals surface area contributed by atoms with Gasteiger partial charge in [-0.2, -0.15) is 0 Å². The molecule has 0 spiro atoms. The van der Waals surface area contributed by atoms with Crippen LogP contribution in [0.25, 0.3) is 11.3 Å². The van der Waals surface area contributed by atoms with Gasteiger partial charge in [0.1, 0.15) is 17.8 Å². The highest BCUT2D eigenvalue weighted by Gasteiger charge is 2.14. The number of hydrogen-bond acceptors (Lipinski definition) is 2. The van der Waals surface area contributed by atoms with Crippen LogP contribution in [0, 0.1) is 11.6 Å². The topological polar surface area (TPSA) is 25.8 Å². The molecule has 1 heterocycles. The van der Waals surface area contributed by atoms with E-state index in [0.717, 1.165) is 18.5 Å². The van der Waals surface area contributed by atoms with Crippen LogP contribution in [-0.2, 0) is 0 Å². The molecule has 0 aliphatic rings. The van der Waals surface area contributed by atoms with E-state index in [-0.39, 0.29) is 21.4 Å². The van der Waals surface area contributed by atoms with Crippen molar-refractivity contribution in [3.05, 3.63) is 46.3 Å². The molecular weight excluding hydrogens is 257 g/mol. The van der Waals surface area contributed by atoms with E-state index in [1.807, 2.05) is 0 Å². The van der Waals surface area contributed by atoms with Crippen LogP contribution < -0.4 is 0 Å². The maximum Gasteiger partial charge on any atom is 0.186 e. The molecule has 1 aromatic carbocycles. The quantitative estimate of drug-likeness (QED) is 0.731. The summed E-state index contributed by atoms with van der Waals surface area (Å²) in [6, 6.07) is 3.57. The van der Waals surface area contributed by atoms with Gasteiger partial charge < -0.3 is 0 Å². The Morgan fingerprint density at radius 2 is 1.81 bits per heavy atom. The highest BCUT2D eigenvalue weighted by atomic mass is 35.5. The summed E-state index contributed by atoms with van der Waals surface area (Å²) < 4.78 is 26.4. The second-order valence-electron chi connectivity index (χ2n) is 2.95. The van der Waals surface area contributed by atoms with Crippen LogP contribution in [0.4, 0.5) is 8.78 Å². The predicted octanol–water partition coefficient (Wildman–Crippen LogP) is 3.73. The fourth-order valence-corrected chi connectivity index (χ4v) is 1.61. The second-order valence-corrected chi connectivity index (χ2v) is 3.72. The lowest BCUT2D eigenvalue weighted by Gasteiger charge is -2.05. The Morgan fingerprint density at radius 3 is 2.50 bits per heavy atom. The Hall–Kier alpha value is -1.26. The normalized spacial score (nSPS) is 10.5. The number of nitrogens with zero attached hydrogens (tertiary/aromatic N) is 2. The summed E-state index contributed by atoms with van der Waals surface area (Å²) in [5.41, 5.74) is 0.217. The van der Waals surface area contributed by atoms with Gasteiger partial charge in [-0.1, -0.05) is 23.2 Å². The molecule has 0 radical (unpaired) electrons. The number of aromatic nitrogens is 2. The first-order chi connectivity index (χ1) is 7.59. The van der Waals surface area contributed by atoms with Crippen molar-refractivity contribution >= 4 is 23.2 Å². The van der Waals surface area contributed by atoms with Crippen molar-refractivity contribution in [1.82, 2.24) is 9.97 Å². The Balaban J connectivity index is 2.63. The molecule has 0 bridgehead atoms. The molecule has 0 atom stereocenters. The van der Waals surface area contributed by atoms with Gasteiger partial charge in [0.05, 0.1) is 5.02 Å². The third-order valence-electron chi connectivity index (χ3n) is 1.93. The molecule has 0 aliphatic carbocycles. The molecule has 0 saturated heterocycles. The van der Waals surface area contributed by atoms with Gasteiger partial charge in [-0.05, 0) is 18.2 Å². The van der Waals surface area contributed by atoms with Crippen molar-refractivity contribution in [1.29, 1.82) is 0 Å². The SMILES string of the molecule is Fc1ccc(-c2ncnc(Cl)c2F)c(Cl)c1. The summed E-state index contributed by atoms with van der Waals surface area (Å²) in [6.45, 7) is 0. The minimum atomic E-state index is -0.780. The first-order valence-electron chi connectivity index (χ1n) is 4.21. The van der Waals surface area contributed by atoms with Crippen LogP contribution in [-0.4, -0.2) is 9.97 Å². The Bertz CT molecular complexity index is 546. The van der Waals surface area contributed by atoms with E-state index in [0.29, 0.717) is 0 Å². The van der Waals surface area contributed by atoms with E-state index < -0.39 is 11.6 Å². The number of halogens is 4. The van der Waals surface area contributed by atoms with E-state index in [1.165, 1.54) is 6.07 Å². The van der Waals surface area contributed by atoms with E-state index in [2.05, 4.69) is 9.97 Å². The monoisotopic (exact) mass is 260 g/mol. The van der Waals surface area contributed by atoms with E-state index in [9.17, 15) is 8.78 Å². The van der Waals surface area contributed by atoms with Gasteiger partial charge in [-0.15, -0.1) is 0 Å². The maximum absolute atomic E-state index is 13.6. The third-order valence-corrected chi connectivity index (χ3v) is 2.51. The zero-order valence-electron chi connectivity index (χ0n) is 7.72. The minimum Gasteiger partial charge on any atom is -0.233 e. The van der Waals surface area contributed by atoms with Gasteiger partial charge in [-0.3, -0.25) is 0 Å². The molecule has 0 N–H and O–H groups in total. The van der Waals surface area contributed by atoms with Crippen molar-refractivity contribution < 1.29 is 8.78 Å². The van der Waals surface area contributed by atoms with E-state index >= 15 is 0 Å². The molecule has 82 valence electrons. The lowest BCUT2D eigenvalue weighted by Crippen LogP contribution is -1.93. The molecule has 0 amide bonds. The largest absolute Gasteiger partial charge is 0.233 e. The van der Waals surface area contributed by atoms with Gasteiger partial charge in [0.25, 0.3) is 0 Å². The smallest absolute Gasteiger partial charge is 0.186 e. The molecule has 6 heteroatoms. The predicted molar refractivity (Wildman–Crippen MR) is 57.4 cm³/mol. The summed E-state index contributed by atoms with van der Waals surface area (Å²) in [5, 5.41) is -0.237. The summed E-state index contributed by atoms with van der Waals surface area (Å²) in [6.07, 6.45) is 1.11. The molecule has 2 aromatic rings. The standard InChI is InChI=1S/C10H4Cl2F2N2/c11-7-3-5(13)1-2-6(7)9-8(14)10(12)16-4-15-9/h1-4H. The van der Waals surface area contributed by atoms with Crippen LogP contribution in [0.15, 0.2) is 24.5 Å². The fourth-order valence-electron chi connectivity index (χ4n) is 1.22. The van der Waals surface area contributed by atoms with Crippen LogP contribution in [0.5, 0.6) is 0 Å². The highest BCUT2D eigenvalue weighted by Crippen LogP contribution is 2.30. The third kappa shape index (κ3) is 1.99. The minimum absolute atomic E-state index is 0.0509. The molecule has 0 fully saturated rings. The maximum atomic E-state index is 13.6. The summed E-state index contributed by atoms with van der Waals surface area (Å²) in [4.78, 5) is 7.20. The average molecular weight is 261 g/mol. The van der Waals surface area contributed by atoms with Crippen molar-refractivity contribution in [3.8, 4) is 11.3 Å². The molecule has 0 aliphatic heterocycles. The average Bonchev–Trinajstić information content (AvgIpc) is 2.23. The fraction of sp³-hybridized carbons (Fsp3) is 0. The summed E-state index contributed by atoms with van der Waals surface area (Å²) >= 11 is 11.3. The van der Waals surface area contributed by atoms with Crippen LogP contribution in [0.2, 0.25) is 10.2 Å². The van der Waals surface area contributed by atoms with Crippen molar-refractivity contribution in [3.63, 3.8) is 0 Å². The van der Waals surface area contributed by atoms with E-state index in [4.69, 9.17) is 23.2 Å².